The van der Waals surface area contributed by atoms with E-state index in [0.29, 0.717) is 5.75 Å². The third kappa shape index (κ3) is 6.59. The molecule has 2 amide bonds. The Labute approximate surface area is 162 Å². The minimum atomic E-state index is -0.596. The Morgan fingerprint density at radius 1 is 1.04 bits per heavy atom. The van der Waals surface area contributed by atoms with Gasteiger partial charge in [0.1, 0.15) is 11.5 Å². The summed E-state index contributed by atoms with van der Waals surface area (Å²) < 4.78 is 11.4. The molecule has 2 N–H and O–H groups in total. The first kappa shape index (κ1) is 20.2. The molecule has 0 heterocycles. The molecule has 0 saturated heterocycles. The smallest absolute Gasteiger partial charge is 0.276 e. The fourth-order valence-electron chi connectivity index (χ4n) is 1.94. The van der Waals surface area contributed by atoms with E-state index in [1.165, 1.54) is 24.3 Å². The van der Waals surface area contributed by atoms with Gasteiger partial charge in [-0.25, -0.2) is 0 Å². The summed E-state index contributed by atoms with van der Waals surface area (Å²) in [7, 11) is 0. The molecule has 0 aliphatic carbocycles. The highest BCUT2D eigenvalue weighted by Gasteiger charge is 2.09. The van der Waals surface area contributed by atoms with E-state index in [9.17, 15) is 19.7 Å². The quantitative estimate of drug-likeness (QED) is 0.506. The molecule has 0 aliphatic heterocycles. The minimum absolute atomic E-state index is 0.0833. The second-order valence-corrected chi connectivity index (χ2v) is 6.25. The van der Waals surface area contributed by atoms with Gasteiger partial charge in [-0.3, -0.25) is 30.6 Å². The average molecular weight is 438 g/mol. The highest BCUT2D eigenvalue weighted by Crippen LogP contribution is 2.22. The van der Waals surface area contributed by atoms with Crippen LogP contribution in [0.2, 0.25) is 0 Å². The summed E-state index contributed by atoms with van der Waals surface area (Å²) in [6.07, 6.45) is 0. The van der Waals surface area contributed by atoms with E-state index in [4.69, 9.17) is 9.47 Å². The zero-order chi connectivity index (χ0) is 19.8. The first-order valence-electron chi connectivity index (χ1n) is 7.69. The van der Waals surface area contributed by atoms with Crippen LogP contribution in [0.4, 0.5) is 5.69 Å². The summed E-state index contributed by atoms with van der Waals surface area (Å²) in [5, 5.41) is 10.6. The number of nitro groups is 1. The van der Waals surface area contributed by atoms with Crippen LogP contribution < -0.4 is 20.3 Å². The van der Waals surface area contributed by atoms with E-state index in [-0.39, 0.29) is 24.7 Å². The molecule has 0 spiro atoms. The molecule has 2 rings (SSSR count). The Hall–Kier alpha value is -3.14. The van der Waals surface area contributed by atoms with Gasteiger partial charge in [0.15, 0.2) is 13.2 Å². The van der Waals surface area contributed by atoms with Crippen molar-refractivity contribution in [2.75, 3.05) is 13.2 Å². The molecular weight excluding hydrogens is 422 g/mol. The van der Waals surface area contributed by atoms with Crippen molar-refractivity contribution >= 4 is 33.4 Å². The predicted octanol–water partition coefficient (Wildman–Crippen LogP) is 2.27. The molecule has 0 atom stereocenters. The number of benzene rings is 2. The van der Waals surface area contributed by atoms with Gasteiger partial charge in [-0.2, -0.15) is 0 Å². The Balaban J connectivity index is 1.70. The largest absolute Gasteiger partial charge is 0.484 e. The number of amides is 2. The van der Waals surface area contributed by atoms with Crippen LogP contribution in [0, 0.1) is 17.0 Å². The zero-order valence-corrected chi connectivity index (χ0v) is 15.8. The van der Waals surface area contributed by atoms with Crippen molar-refractivity contribution in [1.82, 2.24) is 10.9 Å². The van der Waals surface area contributed by atoms with E-state index in [1.54, 1.807) is 12.1 Å². The van der Waals surface area contributed by atoms with Crippen LogP contribution in [-0.2, 0) is 9.59 Å². The molecule has 0 bridgehead atoms. The van der Waals surface area contributed by atoms with E-state index >= 15 is 0 Å². The molecule has 142 valence electrons. The van der Waals surface area contributed by atoms with Crippen molar-refractivity contribution in [2.45, 2.75) is 6.92 Å². The monoisotopic (exact) mass is 437 g/mol. The Morgan fingerprint density at radius 3 is 2.19 bits per heavy atom. The fraction of sp³-hybridized carbons (Fsp3) is 0.176. The molecule has 0 saturated carbocycles. The van der Waals surface area contributed by atoms with Crippen molar-refractivity contribution in [3.8, 4) is 11.5 Å². The second-order valence-electron chi connectivity index (χ2n) is 5.33. The van der Waals surface area contributed by atoms with Crippen LogP contribution in [0.5, 0.6) is 11.5 Å². The van der Waals surface area contributed by atoms with Gasteiger partial charge < -0.3 is 9.47 Å². The molecule has 0 radical (unpaired) electrons. The number of hydrazine groups is 1. The van der Waals surface area contributed by atoms with Crippen LogP contribution in [0.25, 0.3) is 0 Å². The van der Waals surface area contributed by atoms with E-state index in [2.05, 4.69) is 26.8 Å². The van der Waals surface area contributed by atoms with Gasteiger partial charge in [0, 0.05) is 16.6 Å². The van der Waals surface area contributed by atoms with Gasteiger partial charge in [0.05, 0.1) is 4.92 Å². The SMILES string of the molecule is Cc1cc(Br)ccc1OCC(=O)NNC(=O)COc1ccc([N+](=O)[O-])cc1. The maximum absolute atomic E-state index is 11.7. The molecule has 0 fully saturated rings. The normalized spacial score (nSPS) is 10.0. The lowest BCUT2D eigenvalue weighted by Gasteiger charge is -2.11. The maximum atomic E-state index is 11.7. The summed E-state index contributed by atoms with van der Waals surface area (Å²) in [4.78, 5) is 33.4. The summed E-state index contributed by atoms with van der Waals surface area (Å²) >= 11 is 3.33. The maximum Gasteiger partial charge on any atom is 0.276 e. The summed E-state index contributed by atoms with van der Waals surface area (Å²) in [6.45, 7) is 1.20. The number of non-ortho nitro benzene ring substituents is 1. The fourth-order valence-corrected chi connectivity index (χ4v) is 2.42. The molecule has 10 heteroatoms. The number of nitrogens with one attached hydrogen (secondary N) is 2. The Bertz CT molecular complexity index is 841. The van der Waals surface area contributed by atoms with Crippen LogP contribution in [-0.4, -0.2) is 30.0 Å². The number of halogens is 1. The summed E-state index contributed by atoms with van der Waals surface area (Å²) in [6, 6.07) is 10.6. The van der Waals surface area contributed by atoms with Crippen molar-refractivity contribution in [2.24, 2.45) is 0 Å². The van der Waals surface area contributed by atoms with E-state index < -0.39 is 16.7 Å². The minimum Gasteiger partial charge on any atom is -0.484 e. The molecule has 27 heavy (non-hydrogen) atoms. The molecular formula is C17H16BrN3O6. The molecule has 2 aromatic rings. The average Bonchev–Trinajstić information content (AvgIpc) is 2.64. The highest BCUT2D eigenvalue weighted by molar-refractivity contribution is 9.10. The van der Waals surface area contributed by atoms with Gasteiger partial charge in [0.25, 0.3) is 17.5 Å². The number of carbonyl (C=O) groups is 2. The van der Waals surface area contributed by atoms with E-state index in [0.717, 1.165) is 10.0 Å². The zero-order valence-electron chi connectivity index (χ0n) is 14.2. The Morgan fingerprint density at radius 2 is 1.63 bits per heavy atom. The highest BCUT2D eigenvalue weighted by atomic mass is 79.9. The second kappa shape index (κ2) is 9.53. The summed E-state index contributed by atoms with van der Waals surface area (Å²) in [5.74, 6) is -0.292. The number of nitro benzene ring substituents is 1. The van der Waals surface area contributed by atoms with Crippen LogP contribution in [0.3, 0.4) is 0 Å². The number of nitrogens with zero attached hydrogens (tertiary/aromatic N) is 1. The van der Waals surface area contributed by atoms with Crippen molar-refractivity contribution in [1.29, 1.82) is 0 Å². The number of hydrogen-bond donors (Lipinski definition) is 2. The molecule has 0 aromatic heterocycles. The van der Waals surface area contributed by atoms with Crippen LogP contribution >= 0.6 is 15.9 Å². The van der Waals surface area contributed by atoms with Gasteiger partial charge in [-0.1, -0.05) is 15.9 Å². The molecule has 9 nitrogen and oxygen atoms in total. The van der Waals surface area contributed by atoms with Crippen LogP contribution in [0.1, 0.15) is 5.56 Å². The lowest BCUT2D eigenvalue weighted by atomic mass is 10.2. The number of aryl methyl sites for hydroxylation is 1. The van der Waals surface area contributed by atoms with Crippen molar-refractivity contribution < 1.29 is 24.0 Å². The lowest BCUT2D eigenvalue weighted by molar-refractivity contribution is -0.384. The Kier molecular flexibility index (Phi) is 7.12. The van der Waals surface area contributed by atoms with Gasteiger partial charge in [-0.15, -0.1) is 0 Å². The van der Waals surface area contributed by atoms with Crippen molar-refractivity contribution in [3.05, 3.63) is 62.6 Å². The molecule has 0 aliphatic rings. The predicted molar refractivity (Wildman–Crippen MR) is 99.3 cm³/mol. The van der Waals surface area contributed by atoms with E-state index in [1.807, 2.05) is 13.0 Å². The first-order valence-corrected chi connectivity index (χ1v) is 8.48. The molecule has 2 aromatic carbocycles. The number of carbonyl (C=O) groups excluding carboxylic acids is 2. The topological polar surface area (TPSA) is 120 Å². The standard InChI is InChI=1S/C17H16BrN3O6/c1-11-8-12(18)2-7-15(11)27-10-17(23)20-19-16(22)9-26-14-5-3-13(4-6-14)21(24)25/h2-8H,9-10H2,1H3,(H,19,22)(H,20,23). The number of ether oxygens (including phenoxy) is 2. The third-order valence-corrected chi connectivity index (χ3v) is 3.75. The van der Waals surface area contributed by atoms with Crippen molar-refractivity contribution in [3.63, 3.8) is 0 Å². The number of rotatable bonds is 7. The van der Waals surface area contributed by atoms with Crippen LogP contribution in [0.15, 0.2) is 46.9 Å². The third-order valence-electron chi connectivity index (χ3n) is 3.25. The summed E-state index contributed by atoms with van der Waals surface area (Å²) in [5.41, 5.74) is 5.16. The number of hydrogen-bond acceptors (Lipinski definition) is 6. The lowest BCUT2D eigenvalue weighted by Crippen LogP contribution is -2.45. The molecule has 0 unspecified atom stereocenters. The van der Waals surface area contributed by atoms with Gasteiger partial charge in [0.2, 0.25) is 0 Å². The van der Waals surface area contributed by atoms with Gasteiger partial charge in [-0.05, 0) is 42.8 Å². The van der Waals surface area contributed by atoms with Gasteiger partial charge >= 0.3 is 0 Å². The first-order chi connectivity index (χ1) is 12.8.